The number of rotatable bonds is 3. The molecular weight excluding hydrogens is 333 g/mol. The highest BCUT2D eigenvalue weighted by Gasteiger charge is 2.16. The zero-order valence-corrected chi connectivity index (χ0v) is 14.2. The average Bonchev–Trinajstić information content (AvgIpc) is 2.46. The highest BCUT2D eigenvalue weighted by atomic mass is 35.5. The molecule has 2 aromatic carbocycles. The second-order valence-electron chi connectivity index (χ2n) is 5.63. The summed E-state index contributed by atoms with van der Waals surface area (Å²) < 4.78 is 2.01. The molecule has 0 fully saturated rings. The molecule has 0 aliphatic carbocycles. The molecule has 0 atom stereocenters. The van der Waals surface area contributed by atoms with Crippen LogP contribution in [0.5, 0.6) is 0 Å². The van der Waals surface area contributed by atoms with Crippen molar-refractivity contribution in [1.82, 2.24) is 4.57 Å². The van der Waals surface area contributed by atoms with Crippen molar-refractivity contribution in [1.29, 1.82) is 0 Å². The third kappa shape index (κ3) is 2.62. The average molecular weight is 350 g/mol. The predicted molar refractivity (Wildman–Crippen MR) is 99.5 cm³/mol. The van der Waals surface area contributed by atoms with E-state index in [-0.39, 0.29) is 5.43 Å². The lowest BCUT2D eigenvalue weighted by atomic mass is 10.1. The van der Waals surface area contributed by atoms with Gasteiger partial charge in [-0.2, -0.15) is 0 Å². The second-order valence-corrected chi connectivity index (χ2v) is 6.44. The maximum absolute atomic E-state index is 12.9. The van der Waals surface area contributed by atoms with Crippen molar-refractivity contribution in [3.63, 3.8) is 0 Å². The SMILES string of the molecule is CCCCn1c2cc(N)cc(Cl)c2c(=O)c2cc(N)cc(Cl)c21. The monoisotopic (exact) mass is 349 g/mol. The molecule has 120 valence electrons. The van der Waals surface area contributed by atoms with Gasteiger partial charge in [0.2, 0.25) is 0 Å². The second kappa shape index (κ2) is 5.95. The van der Waals surface area contributed by atoms with Gasteiger partial charge < -0.3 is 16.0 Å². The Morgan fingerprint density at radius 1 is 1.04 bits per heavy atom. The van der Waals surface area contributed by atoms with Gasteiger partial charge in [0.15, 0.2) is 5.43 Å². The molecule has 0 spiro atoms. The van der Waals surface area contributed by atoms with E-state index in [1.54, 1.807) is 24.3 Å². The minimum atomic E-state index is -0.179. The molecular formula is C17H17Cl2N3O. The van der Waals surface area contributed by atoms with Gasteiger partial charge in [-0.3, -0.25) is 4.79 Å². The van der Waals surface area contributed by atoms with Crippen LogP contribution in [0.3, 0.4) is 0 Å². The molecule has 0 unspecified atom stereocenters. The van der Waals surface area contributed by atoms with E-state index in [1.807, 2.05) is 4.57 Å². The molecule has 6 heteroatoms. The van der Waals surface area contributed by atoms with Gasteiger partial charge in [0, 0.05) is 23.3 Å². The fourth-order valence-corrected chi connectivity index (χ4v) is 3.56. The Kier molecular flexibility index (Phi) is 4.13. The highest BCUT2D eigenvalue weighted by Crippen LogP contribution is 2.32. The summed E-state index contributed by atoms with van der Waals surface area (Å²) in [5.74, 6) is 0. The molecule has 4 nitrogen and oxygen atoms in total. The molecule has 4 N–H and O–H groups in total. The molecule has 23 heavy (non-hydrogen) atoms. The molecule has 3 rings (SSSR count). The quantitative estimate of drug-likeness (QED) is 0.542. The van der Waals surface area contributed by atoms with Crippen molar-refractivity contribution in [3.8, 4) is 0 Å². The van der Waals surface area contributed by atoms with Crippen LogP contribution in [0.1, 0.15) is 19.8 Å². The number of aryl methyl sites for hydroxylation is 1. The number of aromatic nitrogens is 1. The first kappa shape index (κ1) is 16.0. The highest BCUT2D eigenvalue weighted by molar-refractivity contribution is 6.37. The van der Waals surface area contributed by atoms with Gasteiger partial charge in [0.1, 0.15) is 0 Å². The van der Waals surface area contributed by atoms with E-state index < -0.39 is 0 Å². The number of unbranched alkanes of at least 4 members (excludes halogenated alkanes) is 1. The van der Waals surface area contributed by atoms with Gasteiger partial charge in [-0.25, -0.2) is 0 Å². The third-order valence-electron chi connectivity index (χ3n) is 3.95. The summed E-state index contributed by atoms with van der Waals surface area (Å²) >= 11 is 12.7. The van der Waals surface area contributed by atoms with Crippen molar-refractivity contribution in [2.45, 2.75) is 26.3 Å². The summed E-state index contributed by atoms with van der Waals surface area (Å²) in [4.78, 5) is 12.9. The van der Waals surface area contributed by atoms with E-state index in [9.17, 15) is 4.79 Å². The number of nitrogens with zero attached hydrogens (tertiary/aromatic N) is 1. The number of halogens is 2. The van der Waals surface area contributed by atoms with Crippen LogP contribution < -0.4 is 16.9 Å². The summed E-state index contributed by atoms with van der Waals surface area (Å²) in [7, 11) is 0. The molecule has 0 amide bonds. The Hall–Kier alpha value is -1.91. The first-order chi connectivity index (χ1) is 10.9. The Bertz CT molecular complexity index is 979. The number of pyridine rings is 1. The lowest BCUT2D eigenvalue weighted by Crippen LogP contribution is -2.13. The first-order valence-corrected chi connectivity index (χ1v) is 8.20. The van der Waals surface area contributed by atoms with Crippen LogP contribution in [0, 0.1) is 0 Å². The minimum absolute atomic E-state index is 0.179. The van der Waals surface area contributed by atoms with Gasteiger partial charge in [-0.15, -0.1) is 0 Å². The minimum Gasteiger partial charge on any atom is -0.399 e. The van der Waals surface area contributed by atoms with Crippen LogP contribution in [0.25, 0.3) is 21.8 Å². The fraction of sp³-hybridized carbons (Fsp3) is 0.235. The van der Waals surface area contributed by atoms with Crippen LogP contribution in [0.15, 0.2) is 29.1 Å². The Morgan fingerprint density at radius 2 is 1.70 bits per heavy atom. The molecule has 0 saturated heterocycles. The smallest absolute Gasteiger partial charge is 0.198 e. The molecule has 0 saturated carbocycles. The van der Waals surface area contributed by atoms with Gasteiger partial charge in [-0.1, -0.05) is 36.5 Å². The first-order valence-electron chi connectivity index (χ1n) is 7.44. The molecule has 3 aromatic rings. The predicted octanol–water partition coefficient (Wildman–Crippen LogP) is 4.43. The van der Waals surface area contributed by atoms with Gasteiger partial charge in [0.25, 0.3) is 0 Å². The van der Waals surface area contributed by atoms with Crippen molar-refractivity contribution in [2.24, 2.45) is 0 Å². The van der Waals surface area contributed by atoms with Crippen LogP contribution >= 0.6 is 23.2 Å². The van der Waals surface area contributed by atoms with E-state index in [0.29, 0.717) is 49.8 Å². The lowest BCUT2D eigenvalue weighted by molar-refractivity contribution is 0.662. The van der Waals surface area contributed by atoms with E-state index in [1.165, 1.54) is 0 Å². The Labute approximate surface area is 143 Å². The van der Waals surface area contributed by atoms with Crippen molar-refractivity contribution in [2.75, 3.05) is 11.5 Å². The van der Waals surface area contributed by atoms with Crippen molar-refractivity contribution in [3.05, 3.63) is 44.5 Å². The summed E-state index contributed by atoms with van der Waals surface area (Å²) in [6.07, 6.45) is 1.96. The number of nitrogen functional groups attached to an aromatic ring is 2. The molecule has 1 heterocycles. The molecule has 1 aromatic heterocycles. The van der Waals surface area contributed by atoms with Gasteiger partial charge in [-0.05, 0) is 30.7 Å². The largest absolute Gasteiger partial charge is 0.399 e. The lowest BCUT2D eigenvalue weighted by Gasteiger charge is -2.17. The van der Waals surface area contributed by atoms with E-state index in [2.05, 4.69) is 6.92 Å². The van der Waals surface area contributed by atoms with Crippen molar-refractivity contribution < 1.29 is 0 Å². The summed E-state index contributed by atoms with van der Waals surface area (Å²) in [5.41, 5.74) is 14.0. The Morgan fingerprint density at radius 3 is 2.39 bits per heavy atom. The van der Waals surface area contributed by atoms with E-state index in [4.69, 9.17) is 34.7 Å². The molecule has 0 aliphatic heterocycles. The van der Waals surface area contributed by atoms with E-state index >= 15 is 0 Å². The number of hydrogen-bond donors (Lipinski definition) is 2. The maximum Gasteiger partial charge on any atom is 0.198 e. The number of benzene rings is 2. The maximum atomic E-state index is 12.9. The normalized spacial score (nSPS) is 11.4. The third-order valence-corrected chi connectivity index (χ3v) is 4.53. The Balaban J connectivity index is 2.59. The number of hydrogen-bond acceptors (Lipinski definition) is 3. The van der Waals surface area contributed by atoms with Crippen molar-refractivity contribution >= 4 is 56.4 Å². The van der Waals surface area contributed by atoms with Gasteiger partial charge in [0.05, 0.1) is 26.5 Å². The van der Waals surface area contributed by atoms with Crippen LogP contribution in [0.2, 0.25) is 10.0 Å². The topological polar surface area (TPSA) is 74.0 Å². The number of anilines is 2. The molecule has 0 bridgehead atoms. The molecule has 0 aliphatic rings. The van der Waals surface area contributed by atoms with Crippen LogP contribution in [-0.2, 0) is 6.54 Å². The fourth-order valence-electron chi connectivity index (χ4n) is 2.92. The number of nitrogens with two attached hydrogens (primary N) is 2. The zero-order valence-electron chi connectivity index (χ0n) is 12.7. The number of fused-ring (bicyclic) bond motifs is 2. The van der Waals surface area contributed by atoms with Gasteiger partial charge >= 0.3 is 0 Å². The standard InChI is InChI=1S/C17H17Cl2N3O/c1-2-3-4-22-14-8-10(21)6-12(18)15(14)17(23)11-5-9(20)7-13(19)16(11)22/h5-8H,2-4,20-21H2,1H3. The van der Waals surface area contributed by atoms with E-state index in [0.717, 1.165) is 12.8 Å². The molecule has 0 radical (unpaired) electrons. The zero-order chi connectivity index (χ0) is 16.7. The summed E-state index contributed by atoms with van der Waals surface area (Å²) in [6, 6.07) is 6.67. The van der Waals surface area contributed by atoms with Crippen LogP contribution in [-0.4, -0.2) is 4.57 Å². The summed E-state index contributed by atoms with van der Waals surface area (Å²) in [6.45, 7) is 2.82. The van der Waals surface area contributed by atoms with Crippen LogP contribution in [0.4, 0.5) is 11.4 Å². The summed E-state index contributed by atoms with van der Waals surface area (Å²) in [5, 5.41) is 1.72.